The van der Waals surface area contributed by atoms with Crippen LogP contribution in [0.15, 0.2) is 0 Å². The van der Waals surface area contributed by atoms with Crippen molar-refractivity contribution in [1.29, 1.82) is 0 Å². The van der Waals surface area contributed by atoms with Gasteiger partial charge in [0, 0.05) is 0 Å². The van der Waals surface area contributed by atoms with Crippen LogP contribution in [0.25, 0.3) is 0 Å². The van der Waals surface area contributed by atoms with Gasteiger partial charge < -0.3 is 5.48 Å². The molecule has 0 saturated heterocycles. The Bertz CT molecular complexity index is 8.00. The van der Waals surface area contributed by atoms with Crippen molar-refractivity contribution in [3.8, 4) is 0 Å². The van der Waals surface area contributed by atoms with Crippen LogP contribution in [-0.2, 0) is 38.2 Å². The van der Waals surface area contributed by atoms with E-state index in [0.717, 1.165) is 0 Å². The summed E-state index contributed by atoms with van der Waals surface area (Å²) < 4.78 is 0. The molecule has 0 rings (SSSR count). The molecule has 0 spiro atoms. The fourth-order valence-corrected chi connectivity index (χ4v) is 0. The van der Waals surface area contributed by atoms with Crippen LogP contribution in [0.4, 0.5) is 0 Å². The van der Waals surface area contributed by atoms with Gasteiger partial charge in [-0.1, -0.05) is 0 Å². The Labute approximate surface area is 128 Å². The van der Waals surface area contributed by atoms with Gasteiger partial charge in [0.2, 0.25) is 0 Å². The molecule has 0 aliphatic heterocycles. The van der Waals surface area contributed by atoms with E-state index >= 15 is 0 Å². The van der Waals surface area contributed by atoms with E-state index in [1.165, 1.54) is 0 Å². The summed E-state index contributed by atoms with van der Waals surface area (Å²) in [6.07, 6.45) is 0. The van der Waals surface area contributed by atoms with Gasteiger partial charge in [0.25, 0.3) is 0 Å². The molecule has 0 radical (unpaired) electrons. The third kappa shape index (κ3) is 9.45. The standard InChI is InChI=1S/Ba.O.Sr.Y/q+2;-2;+2;+3. The fourth-order valence-electron chi connectivity index (χ4n) is 0. The molecule has 0 fully saturated rings. The van der Waals surface area contributed by atoms with E-state index < -0.39 is 0 Å². The van der Waals surface area contributed by atoms with Gasteiger partial charge in [-0.3, -0.25) is 0 Å². The second-order valence-corrected chi connectivity index (χ2v) is 0. The normalized spacial score (nSPS) is 0. The van der Waals surface area contributed by atoms with Gasteiger partial charge in [-0.25, -0.2) is 0 Å². The minimum Gasteiger partial charge on any atom is -2.00 e. The van der Waals surface area contributed by atoms with Gasteiger partial charge in [0.05, 0.1) is 0 Å². The Morgan fingerprint density at radius 2 is 1.00 bits per heavy atom. The number of hydrogen-bond acceptors (Lipinski definition) is 0. The van der Waals surface area contributed by atoms with Gasteiger partial charge in [-0.15, -0.1) is 0 Å². The quantitative estimate of drug-likeness (QED) is 0.516. The van der Waals surface area contributed by atoms with E-state index in [-0.39, 0.29) is 133 Å². The molecule has 0 N–H and O–H groups in total. The SMILES string of the molecule is [Ba+2].[O-2].[Sr+2].[Y+3]. The molecule has 0 amide bonds. The van der Waals surface area contributed by atoms with Gasteiger partial charge >= 0.3 is 127 Å². The molecule has 0 bridgehead atoms. The maximum atomic E-state index is 0. The first-order chi connectivity index (χ1) is 0. The molecule has 0 aromatic rings. The molecule has 0 aliphatic rings. The van der Waals surface area contributed by atoms with Crippen LogP contribution in [-0.4, -0.2) is 94.4 Å². The van der Waals surface area contributed by atoms with Crippen molar-refractivity contribution < 1.29 is 38.2 Å². The van der Waals surface area contributed by atoms with Crippen LogP contribution >= 0.6 is 0 Å². The van der Waals surface area contributed by atoms with Crippen molar-refractivity contribution in [3.05, 3.63) is 0 Å². The summed E-state index contributed by atoms with van der Waals surface area (Å²) in [6, 6.07) is 0. The summed E-state index contributed by atoms with van der Waals surface area (Å²) in [5.74, 6) is 0. The van der Waals surface area contributed by atoms with Gasteiger partial charge in [-0.05, 0) is 0 Å². The molecule has 4 heteroatoms. The third-order valence-electron chi connectivity index (χ3n) is 0. The van der Waals surface area contributed by atoms with Crippen LogP contribution in [0.2, 0.25) is 0 Å². The summed E-state index contributed by atoms with van der Waals surface area (Å²) in [6.45, 7) is 0. The fraction of sp³-hybridized carbons (Fsp3) is 0. The summed E-state index contributed by atoms with van der Waals surface area (Å²) in [5.41, 5.74) is 0. The minimum atomic E-state index is 0. The molecule has 8 valence electrons. The van der Waals surface area contributed by atoms with E-state index in [4.69, 9.17) is 0 Å². The van der Waals surface area contributed by atoms with E-state index in [9.17, 15) is 0 Å². The second kappa shape index (κ2) is 15.7. The van der Waals surface area contributed by atoms with E-state index in [1.807, 2.05) is 0 Å². The van der Waals surface area contributed by atoms with E-state index in [1.54, 1.807) is 0 Å². The first-order valence-corrected chi connectivity index (χ1v) is 0. The molecule has 0 unspecified atom stereocenters. The zero-order valence-electron chi connectivity index (χ0n) is 2.40. The topological polar surface area (TPSA) is 28.5 Å². The van der Waals surface area contributed by atoms with E-state index in [2.05, 4.69) is 0 Å². The van der Waals surface area contributed by atoms with Crippen LogP contribution in [0, 0.1) is 0 Å². The molecular formula is BaOSrY+5. The Morgan fingerprint density at radius 1 is 1.00 bits per heavy atom. The first kappa shape index (κ1) is 24.3. The summed E-state index contributed by atoms with van der Waals surface area (Å²) >= 11 is 0. The summed E-state index contributed by atoms with van der Waals surface area (Å²) in [4.78, 5) is 0. The van der Waals surface area contributed by atoms with Crippen molar-refractivity contribution in [2.24, 2.45) is 0 Å². The number of hydrogen-bond donors (Lipinski definition) is 0. The minimum absolute atomic E-state index is 0. The molecule has 0 saturated carbocycles. The average Bonchev–Trinajstić information content (AvgIpc) is 0. The molecule has 0 heterocycles. The summed E-state index contributed by atoms with van der Waals surface area (Å²) in [7, 11) is 0. The third-order valence-corrected chi connectivity index (χ3v) is 0. The predicted molar refractivity (Wildman–Crippen MR) is 12.2 cm³/mol. The monoisotopic (exact) mass is 331 g/mol. The zero-order chi connectivity index (χ0) is 0. The Kier molecular flexibility index (Phi) is 95.3. The van der Waals surface area contributed by atoms with Crippen LogP contribution in [0.1, 0.15) is 0 Å². The van der Waals surface area contributed by atoms with Crippen LogP contribution in [0.3, 0.4) is 0 Å². The second-order valence-electron chi connectivity index (χ2n) is 0. The van der Waals surface area contributed by atoms with Gasteiger partial charge in [-0.2, -0.15) is 0 Å². The average molecular weight is 330 g/mol. The molecular weight excluding hydrogens is 330 g/mol. The molecule has 0 aromatic carbocycles. The number of rotatable bonds is 0. The molecule has 0 aliphatic carbocycles. The summed E-state index contributed by atoms with van der Waals surface area (Å²) in [5, 5.41) is 0. The smallest absolute Gasteiger partial charge is 2.00 e. The predicted octanol–water partition coefficient (Wildman–Crippen LogP) is -0.883. The van der Waals surface area contributed by atoms with Crippen molar-refractivity contribution in [3.63, 3.8) is 0 Å². The first-order valence-electron chi connectivity index (χ1n) is 0. The van der Waals surface area contributed by atoms with Gasteiger partial charge in [0.15, 0.2) is 0 Å². The van der Waals surface area contributed by atoms with Gasteiger partial charge in [0.1, 0.15) is 0 Å². The maximum absolute atomic E-state index is 0. The van der Waals surface area contributed by atoms with Crippen molar-refractivity contribution >= 4 is 94.4 Å². The van der Waals surface area contributed by atoms with Crippen LogP contribution < -0.4 is 0 Å². The van der Waals surface area contributed by atoms with E-state index in [0.29, 0.717) is 0 Å². The zero-order valence-corrected chi connectivity index (χ0v) is 13.2. The molecule has 4 heavy (non-hydrogen) atoms. The molecule has 0 atom stereocenters. The maximum Gasteiger partial charge on any atom is 3.00 e. The molecule has 1 nitrogen and oxygen atoms in total. The van der Waals surface area contributed by atoms with Crippen molar-refractivity contribution in [2.45, 2.75) is 0 Å². The van der Waals surface area contributed by atoms with Crippen LogP contribution in [0.5, 0.6) is 0 Å². The Hall–Kier alpha value is 4.12. The molecule has 0 aromatic heterocycles. The van der Waals surface area contributed by atoms with Crippen molar-refractivity contribution in [2.75, 3.05) is 0 Å². The largest absolute Gasteiger partial charge is 3.00 e. The Balaban J connectivity index is 0. The Morgan fingerprint density at radius 3 is 1.00 bits per heavy atom. The van der Waals surface area contributed by atoms with Crippen molar-refractivity contribution in [1.82, 2.24) is 0 Å².